The normalized spacial score (nSPS) is 16.7. The molecule has 1 fully saturated rings. The Balaban J connectivity index is 1.61. The molecule has 2 aromatic rings. The summed E-state index contributed by atoms with van der Waals surface area (Å²) in [6.45, 7) is 4.64. The third kappa shape index (κ3) is 4.19. The number of hydrogen-bond donors (Lipinski definition) is 2. The second-order valence-electron chi connectivity index (χ2n) is 6.50. The predicted octanol–water partition coefficient (Wildman–Crippen LogP) is 3.95. The maximum absolute atomic E-state index is 12.7. The molecule has 0 aliphatic carbocycles. The number of anilines is 2. The number of amides is 3. The minimum Gasteiger partial charge on any atom is -0.326 e. The van der Waals surface area contributed by atoms with Crippen LogP contribution in [-0.4, -0.2) is 30.8 Å². The highest BCUT2D eigenvalue weighted by molar-refractivity contribution is 7.98. The van der Waals surface area contributed by atoms with Crippen molar-refractivity contribution in [1.82, 2.24) is 5.32 Å². The average molecular weight is 369 g/mol. The van der Waals surface area contributed by atoms with Gasteiger partial charge in [0.1, 0.15) is 6.04 Å². The van der Waals surface area contributed by atoms with Gasteiger partial charge in [0.2, 0.25) is 5.91 Å². The third-order valence-electron chi connectivity index (χ3n) is 4.38. The van der Waals surface area contributed by atoms with E-state index in [2.05, 4.69) is 16.7 Å². The molecule has 0 spiro atoms. The molecule has 0 bridgehead atoms. The number of carbonyl (C=O) groups is 2. The summed E-state index contributed by atoms with van der Waals surface area (Å²) in [5, 5.41) is 5.57. The summed E-state index contributed by atoms with van der Waals surface area (Å²) in [5.74, 6) is -0.0668. The van der Waals surface area contributed by atoms with Crippen LogP contribution in [0.4, 0.5) is 16.2 Å². The quantitative estimate of drug-likeness (QED) is 0.802. The van der Waals surface area contributed by atoms with E-state index in [9.17, 15) is 9.59 Å². The molecular weight excluding hydrogens is 346 g/mol. The van der Waals surface area contributed by atoms with Gasteiger partial charge in [0, 0.05) is 22.8 Å². The molecule has 0 unspecified atom stereocenters. The Morgan fingerprint density at radius 1 is 1.12 bits per heavy atom. The molecule has 3 rings (SSSR count). The first-order chi connectivity index (χ1) is 12.5. The largest absolute Gasteiger partial charge is 0.326 e. The fourth-order valence-electron chi connectivity index (χ4n) is 3.18. The molecule has 1 atom stereocenters. The highest BCUT2D eigenvalue weighted by Gasteiger charge is 2.33. The first-order valence-electron chi connectivity index (χ1n) is 8.57. The molecule has 26 heavy (non-hydrogen) atoms. The van der Waals surface area contributed by atoms with Crippen LogP contribution in [0.5, 0.6) is 0 Å². The highest BCUT2D eigenvalue weighted by Crippen LogP contribution is 2.24. The Morgan fingerprint density at radius 2 is 1.77 bits per heavy atom. The Hall–Kier alpha value is -2.47. The van der Waals surface area contributed by atoms with Crippen LogP contribution < -0.4 is 15.5 Å². The number of carbonyl (C=O) groups excluding carboxylic acids is 2. The van der Waals surface area contributed by atoms with E-state index >= 15 is 0 Å². The van der Waals surface area contributed by atoms with Gasteiger partial charge in [-0.2, -0.15) is 0 Å². The molecule has 1 heterocycles. The second-order valence-corrected chi connectivity index (χ2v) is 7.38. The van der Waals surface area contributed by atoms with Gasteiger partial charge in [-0.3, -0.25) is 4.79 Å². The summed E-state index contributed by atoms with van der Waals surface area (Å²) in [7, 11) is 0. The maximum Gasteiger partial charge on any atom is 0.319 e. The van der Waals surface area contributed by atoms with Crippen LogP contribution in [0.15, 0.2) is 47.4 Å². The number of urea groups is 1. The van der Waals surface area contributed by atoms with Crippen molar-refractivity contribution in [2.45, 2.75) is 31.2 Å². The van der Waals surface area contributed by atoms with Crippen LogP contribution in [0.1, 0.15) is 17.5 Å². The van der Waals surface area contributed by atoms with Gasteiger partial charge in [-0.25, -0.2) is 4.79 Å². The van der Waals surface area contributed by atoms with E-state index in [1.807, 2.05) is 56.5 Å². The van der Waals surface area contributed by atoms with Crippen LogP contribution in [-0.2, 0) is 4.79 Å². The summed E-state index contributed by atoms with van der Waals surface area (Å²) in [6, 6.07) is 12.8. The average Bonchev–Trinajstić information content (AvgIpc) is 2.95. The number of hydrogen-bond acceptors (Lipinski definition) is 3. The first kappa shape index (κ1) is 18.3. The van der Waals surface area contributed by atoms with Gasteiger partial charge in [0.05, 0.1) is 0 Å². The van der Waals surface area contributed by atoms with Crippen molar-refractivity contribution in [1.29, 1.82) is 0 Å². The van der Waals surface area contributed by atoms with E-state index in [-0.39, 0.29) is 11.9 Å². The maximum atomic E-state index is 12.7. The number of nitrogens with zero attached hydrogens (tertiary/aromatic N) is 1. The zero-order chi connectivity index (χ0) is 18.7. The standard InChI is InChI=1S/C20H23N3O2S/c1-13-10-14(2)12-16(11-13)23-9-8-18(19(23)24)22-20(25)21-15-4-6-17(26-3)7-5-15/h4-7,10-12,18H,8-9H2,1-3H3,(H2,21,22,25)/t18-/m1/s1. The number of rotatable bonds is 4. The lowest BCUT2D eigenvalue weighted by Gasteiger charge is -2.18. The van der Waals surface area contributed by atoms with E-state index in [0.717, 1.165) is 21.7 Å². The van der Waals surface area contributed by atoms with Crippen molar-refractivity contribution in [3.8, 4) is 0 Å². The monoisotopic (exact) mass is 369 g/mol. The number of thioether (sulfide) groups is 1. The van der Waals surface area contributed by atoms with Gasteiger partial charge in [-0.05, 0) is 74.0 Å². The highest BCUT2D eigenvalue weighted by atomic mass is 32.2. The zero-order valence-electron chi connectivity index (χ0n) is 15.2. The summed E-state index contributed by atoms with van der Waals surface area (Å²) in [5.41, 5.74) is 3.84. The molecule has 0 saturated carbocycles. The molecule has 136 valence electrons. The lowest BCUT2D eigenvalue weighted by atomic mass is 10.1. The summed E-state index contributed by atoms with van der Waals surface area (Å²) in [4.78, 5) is 27.8. The molecular formula is C20H23N3O2S. The van der Waals surface area contributed by atoms with E-state index in [1.54, 1.807) is 16.7 Å². The van der Waals surface area contributed by atoms with Gasteiger partial charge < -0.3 is 15.5 Å². The topological polar surface area (TPSA) is 61.4 Å². The van der Waals surface area contributed by atoms with Crippen molar-refractivity contribution in [2.24, 2.45) is 0 Å². The van der Waals surface area contributed by atoms with E-state index in [4.69, 9.17) is 0 Å². The van der Waals surface area contributed by atoms with Crippen LogP contribution in [0, 0.1) is 13.8 Å². The minimum atomic E-state index is -0.499. The van der Waals surface area contributed by atoms with Crippen LogP contribution >= 0.6 is 11.8 Å². The summed E-state index contributed by atoms with van der Waals surface area (Å²) < 4.78 is 0. The smallest absolute Gasteiger partial charge is 0.319 e. The summed E-state index contributed by atoms with van der Waals surface area (Å²) >= 11 is 1.64. The lowest BCUT2D eigenvalue weighted by molar-refractivity contribution is -0.118. The zero-order valence-corrected chi connectivity index (χ0v) is 16.0. The van der Waals surface area contributed by atoms with Crippen molar-refractivity contribution < 1.29 is 9.59 Å². The molecule has 1 aliphatic heterocycles. The van der Waals surface area contributed by atoms with Gasteiger partial charge in [0.25, 0.3) is 0 Å². The number of benzene rings is 2. The lowest BCUT2D eigenvalue weighted by Crippen LogP contribution is -2.43. The predicted molar refractivity (Wildman–Crippen MR) is 107 cm³/mol. The van der Waals surface area contributed by atoms with Crippen LogP contribution in [0.3, 0.4) is 0 Å². The fourth-order valence-corrected chi connectivity index (χ4v) is 3.58. The molecule has 6 heteroatoms. The number of nitrogens with one attached hydrogen (secondary N) is 2. The molecule has 1 aliphatic rings. The molecule has 2 N–H and O–H groups in total. The van der Waals surface area contributed by atoms with Gasteiger partial charge in [-0.15, -0.1) is 11.8 Å². The van der Waals surface area contributed by atoms with E-state index in [0.29, 0.717) is 18.7 Å². The van der Waals surface area contributed by atoms with Crippen molar-refractivity contribution in [2.75, 3.05) is 23.0 Å². The van der Waals surface area contributed by atoms with Gasteiger partial charge in [0.15, 0.2) is 0 Å². The SMILES string of the molecule is CSc1ccc(NC(=O)N[C@@H]2CCN(c3cc(C)cc(C)c3)C2=O)cc1. The Bertz CT molecular complexity index is 800. The van der Waals surface area contributed by atoms with Crippen LogP contribution in [0.2, 0.25) is 0 Å². The second kappa shape index (κ2) is 7.83. The Morgan fingerprint density at radius 3 is 2.38 bits per heavy atom. The Labute approximate surface area is 158 Å². The molecule has 1 saturated heterocycles. The van der Waals surface area contributed by atoms with Crippen LogP contribution in [0.25, 0.3) is 0 Å². The van der Waals surface area contributed by atoms with Gasteiger partial charge >= 0.3 is 6.03 Å². The van der Waals surface area contributed by atoms with E-state index in [1.165, 1.54) is 0 Å². The third-order valence-corrected chi connectivity index (χ3v) is 5.12. The van der Waals surface area contributed by atoms with E-state index < -0.39 is 6.04 Å². The molecule has 0 aromatic heterocycles. The molecule has 3 amide bonds. The Kier molecular flexibility index (Phi) is 5.52. The minimum absolute atomic E-state index is 0.0668. The van der Waals surface area contributed by atoms with Gasteiger partial charge in [-0.1, -0.05) is 6.07 Å². The molecule has 5 nitrogen and oxygen atoms in total. The molecule has 2 aromatic carbocycles. The van der Waals surface area contributed by atoms with Crippen molar-refractivity contribution in [3.63, 3.8) is 0 Å². The number of aryl methyl sites for hydroxylation is 2. The van der Waals surface area contributed by atoms with Crippen molar-refractivity contribution >= 4 is 35.1 Å². The first-order valence-corrected chi connectivity index (χ1v) is 9.80. The van der Waals surface area contributed by atoms with Crippen molar-refractivity contribution in [3.05, 3.63) is 53.6 Å². The summed E-state index contributed by atoms with van der Waals surface area (Å²) in [6.07, 6.45) is 2.60. The fraction of sp³-hybridized carbons (Fsp3) is 0.300. The molecule has 0 radical (unpaired) electrons.